The quantitative estimate of drug-likeness (QED) is 0.0884. The number of carbonyl (C=O) groups excluding carboxylic acids is 1. The van der Waals surface area contributed by atoms with Crippen LogP contribution < -0.4 is 21.7 Å². The summed E-state index contributed by atoms with van der Waals surface area (Å²) in [7, 11) is 1.23. The fourth-order valence-corrected chi connectivity index (χ4v) is 2.06. The number of thiocarbonyl (C=S) groups is 1. The summed E-state index contributed by atoms with van der Waals surface area (Å²) in [5.41, 5.74) is 5.39. The van der Waals surface area contributed by atoms with Gasteiger partial charge in [0, 0.05) is 31.3 Å². The molecule has 13 nitrogen and oxygen atoms in total. The topological polar surface area (TPSA) is 201 Å². The first-order chi connectivity index (χ1) is 16.3. The first-order valence-electron chi connectivity index (χ1n) is 9.54. The van der Waals surface area contributed by atoms with Crippen LogP contribution in [0.5, 0.6) is 0 Å². The molecule has 0 fully saturated rings. The summed E-state index contributed by atoms with van der Waals surface area (Å²) in [5, 5.41) is 23.4. The van der Waals surface area contributed by atoms with E-state index in [4.69, 9.17) is 28.2 Å². The highest BCUT2D eigenvalue weighted by Gasteiger charge is 2.26. The number of methoxy groups -OCH3 is 1. The van der Waals surface area contributed by atoms with Gasteiger partial charge in [-0.3, -0.25) is 5.32 Å². The van der Waals surface area contributed by atoms with E-state index in [1.807, 2.05) is 0 Å². The molecule has 0 unspecified atom stereocenters. The van der Waals surface area contributed by atoms with Gasteiger partial charge in [0.1, 0.15) is 18.2 Å². The Morgan fingerprint density at radius 1 is 1.23 bits per heavy atom. The van der Waals surface area contributed by atoms with Crippen LogP contribution in [-0.2, 0) is 20.7 Å². The van der Waals surface area contributed by atoms with Crippen molar-refractivity contribution in [3.63, 3.8) is 0 Å². The molecule has 194 valence electrons. The minimum absolute atomic E-state index is 0.165. The van der Waals surface area contributed by atoms with Crippen LogP contribution >= 0.6 is 12.2 Å². The number of nitrogens with one attached hydrogen (secondary N) is 3. The highest BCUT2D eigenvalue weighted by Crippen LogP contribution is 2.14. The molecule has 0 spiro atoms. The lowest BCUT2D eigenvalue weighted by molar-refractivity contribution is -0.134. The van der Waals surface area contributed by atoms with E-state index in [2.05, 4.69) is 35.6 Å². The Hall–Kier alpha value is -4.02. The number of ether oxygens (including phenoxy) is 1. The van der Waals surface area contributed by atoms with Crippen LogP contribution in [-0.4, -0.2) is 75.7 Å². The lowest BCUT2D eigenvalue weighted by Gasteiger charge is -2.09. The molecule has 1 rings (SSSR count). The van der Waals surface area contributed by atoms with Crippen molar-refractivity contribution >= 4 is 47.1 Å². The highest BCUT2D eigenvalue weighted by atomic mass is 32.1. The number of carboxylic acid groups (broad SMARTS) is 2. The van der Waals surface area contributed by atoms with Crippen molar-refractivity contribution < 1.29 is 42.5 Å². The second-order valence-corrected chi connectivity index (χ2v) is 6.55. The number of hydrogen-bond acceptors (Lipinski definition) is 8. The summed E-state index contributed by atoms with van der Waals surface area (Å²) in [5.74, 6) is -2.14. The molecule has 7 N–H and O–H groups in total. The monoisotopic (exact) mass is 523 g/mol. The van der Waals surface area contributed by atoms with Crippen molar-refractivity contribution in [1.82, 2.24) is 20.6 Å². The Bertz CT molecular complexity index is 912. The smallest absolute Gasteiger partial charge is 0.413 e. The minimum Gasteiger partial charge on any atom is -0.478 e. The van der Waals surface area contributed by atoms with E-state index in [0.717, 1.165) is 12.8 Å². The zero-order valence-electron chi connectivity index (χ0n) is 18.3. The van der Waals surface area contributed by atoms with E-state index in [-0.39, 0.29) is 16.9 Å². The molecular formula is C18H24F3N7O6S. The maximum Gasteiger partial charge on any atom is 0.413 e. The molecule has 1 aromatic heterocycles. The first kappa shape index (κ1) is 31.0. The lowest BCUT2D eigenvalue weighted by atomic mass is 10.2. The zero-order valence-corrected chi connectivity index (χ0v) is 19.1. The van der Waals surface area contributed by atoms with Crippen molar-refractivity contribution in [2.24, 2.45) is 10.7 Å². The molecule has 0 aromatic carbocycles. The van der Waals surface area contributed by atoms with Gasteiger partial charge in [0.15, 0.2) is 11.1 Å². The molecule has 0 aliphatic carbocycles. The number of aliphatic carboxylic acids is 2. The number of anilines is 1. The Labute approximate surface area is 202 Å². The highest BCUT2D eigenvalue weighted by molar-refractivity contribution is 7.80. The predicted octanol–water partition coefficient (Wildman–Crippen LogP) is 1.03. The van der Waals surface area contributed by atoms with Gasteiger partial charge in [-0.05, 0) is 31.1 Å². The van der Waals surface area contributed by atoms with Crippen LogP contribution in [0.15, 0.2) is 29.4 Å². The third-order valence-electron chi connectivity index (χ3n) is 3.27. The zero-order chi connectivity index (χ0) is 26.9. The van der Waals surface area contributed by atoms with Gasteiger partial charge in [-0.1, -0.05) is 0 Å². The number of nitrogens with zero attached hydrogens (tertiary/aromatic N) is 3. The number of halogens is 3. The molecule has 1 heterocycles. The second kappa shape index (κ2) is 16.6. The largest absolute Gasteiger partial charge is 0.478 e. The number of unbranched alkanes of at least 4 members (excludes halogenated alkanes) is 1. The lowest BCUT2D eigenvalue weighted by Crippen LogP contribution is -2.39. The van der Waals surface area contributed by atoms with Crippen LogP contribution in [0.1, 0.15) is 18.7 Å². The molecular weight excluding hydrogens is 499 g/mol. The number of aryl methyl sites for hydroxylation is 1. The molecule has 0 saturated heterocycles. The minimum atomic E-state index is -4.42. The van der Waals surface area contributed by atoms with Gasteiger partial charge < -0.3 is 31.3 Å². The summed E-state index contributed by atoms with van der Waals surface area (Å²) >= 11 is 4.89. The number of alkyl halides is 3. The Balaban J connectivity index is 0.00000124. The van der Waals surface area contributed by atoms with Crippen molar-refractivity contribution in [2.75, 3.05) is 25.5 Å². The van der Waals surface area contributed by atoms with Crippen molar-refractivity contribution in [3.8, 4) is 0 Å². The van der Waals surface area contributed by atoms with Crippen LogP contribution in [0.3, 0.4) is 0 Å². The van der Waals surface area contributed by atoms with E-state index in [9.17, 15) is 27.6 Å². The molecule has 0 radical (unpaired) electrons. The van der Waals surface area contributed by atoms with Gasteiger partial charge in [0.05, 0.1) is 7.11 Å². The van der Waals surface area contributed by atoms with Gasteiger partial charge in [0.2, 0.25) is 0 Å². The summed E-state index contributed by atoms with van der Waals surface area (Å²) in [4.78, 5) is 41.5. The van der Waals surface area contributed by atoms with Crippen molar-refractivity contribution in [1.29, 1.82) is 0 Å². The average molecular weight is 523 g/mol. The summed E-state index contributed by atoms with van der Waals surface area (Å²) in [6, 6.07) is 1.47. The predicted molar refractivity (Wildman–Crippen MR) is 122 cm³/mol. The number of carboxylic acids is 2. The fourth-order valence-electron chi connectivity index (χ4n) is 1.88. The maximum atomic E-state index is 12.1. The third-order valence-corrected chi connectivity index (χ3v) is 3.52. The van der Waals surface area contributed by atoms with Crippen LogP contribution in [0.4, 0.5) is 23.8 Å². The summed E-state index contributed by atoms with van der Waals surface area (Å²) in [6.07, 6.45) is -0.517. The Morgan fingerprint density at radius 2 is 1.86 bits per heavy atom. The van der Waals surface area contributed by atoms with Crippen LogP contribution in [0.2, 0.25) is 0 Å². The molecule has 0 aliphatic rings. The average Bonchev–Trinajstić information content (AvgIpc) is 2.76. The number of hydrogen-bond donors (Lipinski definition) is 6. The van der Waals surface area contributed by atoms with Crippen LogP contribution in [0, 0.1) is 0 Å². The van der Waals surface area contributed by atoms with E-state index in [1.165, 1.54) is 19.4 Å². The SMILES string of the molecule is COC(=O)NC(=S)NCCCCc1nccc(NC(N)=NCC(F)(F)F)n1.O=C(O)C=CC(=O)O. The number of guanidine groups is 1. The summed E-state index contributed by atoms with van der Waals surface area (Å²) in [6.45, 7) is -0.846. The third kappa shape index (κ3) is 19.2. The number of alkyl carbamates (subject to hydrolysis) is 1. The standard InChI is InChI=1S/C14H20F3N7O2S.C4H4O4/c1-26-13(25)24-12(27)20-6-3-2-4-9-19-7-5-10(22-9)23-11(18)21-8-14(15,16)17;5-3(6)1-2-4(7)8/h5,7H,2-4,6,8H2,1H3,(H2,20,24,25,27)(H3,18,19,21,22,23);1-2H,(H,5,6)(H,7,8). The Morgan fingerprint density at radius 3 is 2.40 bits per heavy atom. The molecule has 35 heavy (non-hydrogen) atoms. The molecule has 1 amide bonds. The van der Waals surface area contributed by atoms with E-state index in [1.54, 1.807) is 0 Å². The number of aliphatic imine (C=N–C) groups is 1. The summed E-state index contributed by atoms with van der Waals surface area (Å²) < 4.78 is 40.7. The molecule has 1 aromatic rings. The van der Waals surface area contributed by atoms with Gasteiger partial charge in [-0.2, -0.15) is 13.2 Å². The molecule has 0 saturated carbocycles. The molecule has 0 bridgehead atoms. The van der Waals surface area contributed by atoms with E-state index in [0.29, 0.717) is 30.9 Å². The number of amides is 1. The van der Waals surface area contributed by atoms with Gasteiger partial charge >= 0.3 is 24.2 Å². The number of aromatic nitrogens is 2. The number of carbonyl (C=O) groups is 3. The number of rotatable bonds is 9. The van der Waals surface area contributed by atoms with Gasteiger partial charge in [0.25, 0.3) is 0 Å². The number of nitrogens with two attached hydrogens (primary N) is 1. The van der Waals surface area contributed by atoms with Gasteiger partial charge in [-0.25, -0.2) is 29.3 Å². The van der Waals surface area contributed by atoms with Crippen molar-refractivity contribution in [2.45, 2.75) is 25.4 Å². The fraction of sp³-hybridized carbons (Fsp3) is 0.389. The molecule has 0 aliphatic heterocycles. The second-order valence-electron chi connectivity index (χ2n) is 6.14. The first-order valence-corrected chi connectivity index (χ1v) is 9.95. The van der Waals surface area contributed by atoms with E-state index >= 15 is 0 Å². The molecule has 0 atom stereocenters. The van der Waals surface area contributed by atoms with E-state index < -0.39 is 30.8 Å². The normalized spacial score (nSPS) is 11.1. The Kier molecular flexibility index (Phi) is 14.7. The van der Waals surface area contributed by atoms with Gasteiger partial charge in [-0.15, -0.1) is 0 Å². The molecule has 17 heteroatoms. The maximum absolute atomic E-state index is 12.1. The van der Waals surface area contributed by atoms with Crippen LogP contribution in [0.25, 0.3) is 0 Å². The van der Waals surface area contributed by atoms with Crippen molar-refractivity contribution in [3.05, 3.63) is 30.2 Å².